The van der Waals surface area contributed by atoms with Gasteiger partial charge in [0.05, 0.1) is 6.61 Å². The summed E-state index contributed by atoms with van der Waals surface area (Å²) in [5.74, 6) is -0.620. The second-order valence-electron chi connectivity index (χ2n) is 9.35. The minimum absolute atomic E-state index is 0.0766. The van der Waals surface area contributed by atoms with E-state index >= 15 is 0 Å². The average Bonchev–Trinajstić information content (AvgIpc) is 3.12. The first-order valence-electron chi connectivity index (χ1n) is 11.9. The first-order valence-corrected chi connectivity index (χ1v) is 11.9. The number of fused-ring (bicyclic) bond motifs is 3. The van der Waals surface area contributed by atoms with E-state index in [9.17, 15) is 14.4 Å². The molecule has 1 atom stereocenters. The van der Waals surface area contributed by atoms with Crippen molar-refractivity contribution in [1.29, 1.82) is 0 Å². The second-order valence-corrected chi connectivity index (χ2v) is 9.35. The molecule has 0 heterocycles. The van der Waals surface area contributed by atoms with Gasteiger partial charge >= 0.3 is 18.2 Å². The van der Waals surface area contributed by atoms with Gasteiger partial charge in [0.25, 0.3) is 0 Å². The number of benzene rings is 2. The van der Waals surface area contributed by atoms with Gasteiger partial charge in [0.2, 0.25) is 0 Å². The van der Waals surface area contributed by atoms with Crippen molar-refractivity contribution in [2.45, 2.75) is 58.1 Å². The third-order valence-corrected chi connectivity index (χ3v) is 5.54. The molecule has 0 saturated heterocycles. The number of ether oxygens (including phenoxy) is 3. The highest BCUT2D eigenvalue weighted by atomic mass is 16.6. The van der Waals surface area contributed by atoms with Crippen LogP contribution in [0, 0.1) is 0 Å². The summed E-state index contributed by atoms with van der Waals surface area (Å²) >= 11 is 0. The standard InChI is InChI=1S/C27H34N2O6/c1-5-33-24(30)23(15-10-16-28-25(31)35-27(2,3)4)29-26(32)34-17-22-20-13-8-6-11-18(20)19-12-7-9-14-21(19)22/h6-9,11-14,22-23H,5,10,15-17H2,1-4H3,(H,28,31)(H,29,32)/t23-/m0/s1. The number of hydrogen-bond donors (Lipinski definition) is 2. The van der Waals surface area contributed by atoms with Gasteiger partial charge in [-0.2, -0.15) is 0 Å². The van der Waals surface area contributed by atoms with Crippen LogP contribution in [0.25, 0.3) is 11.1 Å². The Morgan fingerprint density at radius 2 is 1.51 bits per heavy atom. The predicted molar refractivity (Wildman–Crippen MR) is 132 cm³/mol. The molecule has 0 spiro atoms. The number of alkyl carbamates (subject to hydrolysis) is 2. The molecule has 0 saturated carbocycles. The minimum atomic E-state index is -0.883. The zero-order valence-electron chi connectivity index (χ0n) is 20.8. The molecule has 35 heavy (non-hydrogen) atoms. The highest BCUT2D eigenvalue weighted by molar-refractivity contribution is 5.82. The van der Waals surface area contributed by atoms with Crippen LogP contribution in [0.4, 0.5) is 9.59 Å². The quantitative estimate of drug-likeness (QED) is 0.303. The van der Waals surface area contributed by atoms with Gasteiger partial charge in [-0.15, -0.1) is 0 Å². The molecule has 1 aliphatic carbocycles. The lowest BCUT2D eigenvalue weighted by Crippen LogP contribution is -2.43. The Balaban J connectivity index is 1.54. The topological polar surface area (TPSA) is 103 Å². The number of nitrogens with one attached hydrogen (secondary N) is 2. The van der Waals surface area contributed by atoms with Crippen LogP contribution in [0.5, 0.6) is 0 Å². The largest absolute Gasteiger partial charge is 0.464 e. The zero-order valence-corrected chi connectivity index (χ0v) is 20.8. The summed E-state index contributed by atoms with van der Waals surface area (Å²) in [6.07, 6.45) is -0.509. The Labute approximate surface area is 206 Å². The molecule has 8 heteroatoms. The summed E-state index contributed by atoms with van der Waals surface area (Å²) in [6, 6.07) is 15.3. The SMILES string of the molecule is CCOC(=O)[C@H](CCCNC(=O)OC(C)(C)C)NC(=O)OCC1c2ccccc2-c2ccccc21. The van der Waals surface area contributed by atoms with Gasteiger partial charge < -0.3 is 24.8 Å². The zero-order chi connectivity index (χ0) is 25.4. The van der Waals surface area contributed by atoms with E-state index in [1.54, 1.807) is 27.7 Å². The third kappa shape index (κ3) is 7.21. The summed E-state index contributed by atoms with van der Waals surface area (Å²) in [5, 5.41) is 5.26. The second kappa shape index (κ2) is 11.7. The van der Waals surface area contributed by atoms with E-state index in [2.05, 4.69) is 22.8 Å². The number of carbonyl (C=O) groups excluding carboxylic acids is 3. The predicted octanol–water partition coefficient (Wildman–Crippen LogP) is 4.76. The van der Waals surface area contributed by atoms with Crippen LogP contribution in [0.3, 0.4) is 0 Å². The van der Waals surface area contributed by atoms with E-state index in [0.29, 0.717) is 6.42 Å². The van der Waals surface area contributed by atoms with Crippen LogP contribution in [0.1, 0.15) is 57.6 Å². The fraction of sp³-hybridized carbons (Fsp3) is 0.444. The molecule has 2 N–H and O–H groups in total. The molecule has 1 aliphatic rings. The Hall–Kier alpha value is -3.55. The summed E-state index contributed by atoms with van der Waals surface area (Å²) in [5.41, 5.74) is 3.90. The van der Waals surface area contributed by atoms with Crippen LogP contribution in [0.2, 0.25) is 0 Å². The van der Waals surface area contributed by atoms with Gasteiger partial charge in [-0.25, -0.2) is 14.4 Å². The van der Waals surface area contributed by atoms with Gasteiger partial charge in [-0.1, -0.05) is 48.5 Å². The van der Waals surface area contributed by atoms with Crippen molar-refractivity contribution in [2.75, 3.05) is 19.8 Å². The molecule has 3 rings (SSSR count). The van der Waals surface area contributed by atoms with Crippen LogP contribution < -0.4 is 10.6 Å². The van der Waals surface area contributed by atoms with E-state index in [1.165, 1.54) is 0 Å². The van der Waals surface area contributed by atoms with Crippen LogP contribution in [0.15, 0.2) is 48.5 Å². The highest BCUT2D eigenvalue weighted by Crippen LogP contribution is 2.44. The van der Waals surface area contributed by atoms with Crippen molar-refractivity contribution >= 4 is 18.2 Å². The molecule has 0 radical (unpaired) electrons. The molecular weight excluding hydrogens is 448 g/mol. The normalized spacial score (nSPS) is 13.3. The van der Waals surface area contributed by atoms with Crippen molar-refractivity contribution < 1.29 is 28.6 Å². The van der Waals surface area contributed by atoms with Crippen molar-refractivity contribution in [3.63, 3.8) is 0 Å². The molecular formula is C27H34N2O6. The number of rotatable bonds is 9. The maximum atomic E-state index is 12.6. The van der Waals surface area contributed by atoms with Crippen molar-refractivity contribution in [2.24, 2.45) is 0 Å². The maximum absolute atomic E-state index is 12.6. The van der Waals surface area contributed by atoms with Crippen LogP contribution >= 0.6 is 0 Å². The lowest BCUT2D eigenvalue weighted by molar-refractivity contribution is -0.145. The number of amides is 2. The van der Waals surface area contributed by atoms with E-state index in [1.807, 2.05) is 36.4 Å². The molecule has 0 aromatic heterocycles. The van der Waals surface area contributed by atoms with Crippen molar-refractivity contribution in [1.82, 2.24) is 10.6 Å². The first kappa shape index (κ1) is 26.1. The fourth-order valence-corrected chi connectivity index (χ4v) is 4.08. The van der Waals surface area contributed by atoms with Gasteiger partial charge in [0.1, 0.15) is 18.2 Å². The van der Waals surface area contributed by atoms with Gasteiger partial charge in [-0.3, -0.25) is 0 Å². The van der Waals surface area contributed by atoms with E-state index in [4.69, 9.17) is 14.2 Å². The molecule has 0 fully saturated rings. The Morgan fingerprint density at radius 3 is 2.09 bits per heavy atom. The van der Waals surface area contributed by atoms with Gasteiger partial charge in [0.15, 0.2) is 0 Å². The highest BCUT2D eigenvalue weighted by Gasteiger charge is 2.30. The van der Waals surface area contributed by atoms with Crippen LogP contribution in [-0.2, 0) is 19.0 Å². The number of esters is 1. The van der Waals surface area contributed by atoms with Gasteiger partial charge in [-0.05, 0) is 62.8 Å². The van der Waals surface area contributed by atoms with E-state index in [0.717, 1.165) is 22.3 Å². The van der Waals surface area contributed by atoms with E-state index in [-0.39, 0.29) is 32.1 Å². The molecule has 2 aromatic carbocycles. The number of carbonyl (C=O) groups is 3. The Kier molecular flexibility index (Phi) is 8.73. The summed E-state index contributed by atoms with van der Waals surface area (Å²) in [7, 11) is 0. The monoisotopic (exact) mass is 482 g/mol. The Morgan fingerprint density at radius 1 is 0.914 bits per heavy atom. The molecule has 0 aliphatic heterocycles. The molecule has 8 nitrogen and oxygen atoms in total. The molecule has 2 aromatic rings. The fourth-order valence-electron chi connectivity index (χ4n) is 4.08. The van der Waals surface area contributed by atoms with Crippen LogP contribution in [-0.4, -0.2) is 49.6 Å². The molecule has 188 valence electrons. The molecule has 0 bridgehead atoms. The maximum Gasteiger partial charge on any atom is 0.407 e. The lowest BCUT2D eigenvalue weighted by Gasteiger charge is -2.20. The summed E-state index contributed by atoms with van der Waals surface area (Å²) < 4.78 is 15.8. The molecule has 2 amide bonds. The first-order chi connectivity index (χ1) is 16.7. The summed E-state index contributed by atoms with van der Waals surface area (Å²) in [4.78, 5) is 36.8. The Bertz CT molecular complexity index is 1000. The molecule has 0 unspecified atom stereocenters. The average molecular weight is 483 g/mol. The lowest BCUT2D eigenvalue weighted by atomic mass is 9.98. The van der Waals surface area contributed by atoms with Crippen molar-refractivity contribution in [3.8, 4) is 11.1 Å². The third-order valence-electron chi connectivity index (χ3n) is 5.54. The number of hydrogen-bond acceptors (Lipinski definition) is 6. The van der Waals surface area contributed by atoms with Crippen molar-refractivity contribution in [3.05, 3.63) is 59.7 Å². The minimum Gasteiger partial charge on any atom is -0.464 e. The smallest absolute Gasteiger partial charge is 0.407 e. The summed E-state index contributed by atoms with van der Waals surface area (Å²) in [6.45, 7) is 7.67. The van der Waals surface area contributed by atoms with Gasteiger partial charge in [0, 0.05) is 12.5 Å². The van der Waals surface area contributed by atoms with E-state index < -0.39 is 29.8 Å².